The number of ether oxygens (including phenoxy) is 1. The van der Waals surface area contributed by atoms with E-state index >= 15 is 0 Å². The number of aromatic nitrogens is 1. The number of methoxy groups -OCH3 is 1. The van der Waals surface area contributed by atoms with Crippen molar-refractivity contribution in [3.63, 3.8) is 0 Å². The first-order valence-electron chi connectivity index (χ1n) is 6.92. The van der Waals surface area contributed by atoms with Gasteiger partial charge in [-0.1, -0.05) is 6.07 Å². The van der Waals surface area contributed by atoms with Crippen molar-refractivity contribution in [1.82, 2.24) is 4.40 Å². The third-order valence-corrected chi connectivity index (χ3v) is 3.97. The molecule has 1 aliphatic carbocycles. The van der Waals surface area contributed by atoms with E-state index in [1.165, 1.54) is 0 Å². The maximum atomic E-state index is 11.7. The highest BCUT2D eigenvalue weighted by molar-refractivity contribution is 6.01. The van der Waals surface area contributed by atoms with Crippen molar-refractivity contribution in [2.24, 2.45) is 0 Å². The van der Waals surface area contributed by atoms with Gasteiger partial charge < -0.3 is 14.2 Å². The minimum absolute atomic E-state index is 0.0577. The molecule has 22 heavy (non-hydrogen) atoms. The second kappa shape index (κ2) is 4.49. The summed E-state index contributed by atoms with van der Waals surface area (Å²) in [6.45, 7) is 0. The summed E-state index contributed by atoms with van der Waals surface area (Å²) in [5.74, 6) is 0.886. The molecule has 0 fully saturated rings. The summed E-state index contributed by atoms with van der Waals surface area (Å²) in [5, 5.41) is 11.9. The lowest BCUT2D eigenvalue weighted by Crippen LogP contribution is -2.03. The van der Waals surface area contributed by atoms with Crippen molar-refractivity contribution < 1.29 is 9.84 Å². The smallest absolute Gasteiger partial charge is 0.180 e. The molecule has 1 N–H and O–H groups in total. The van der Waals surface area contributed by atoms with Crippen LogP contribution < -0.4 is 10.2 Å². The zero-order chi connectivity index (χ0) is 15.3. The van der Waals surface area contributed by atoms with E-state index in [1.807, 2.05) is 34.7 Å². The van der Waals surface area contributed by atoms with E-state index in [0.717, 1.165) is 33.3 Å². The van der Waals surface area contributed by atoms with Crippen LogP contribution in [0.15, 0.2) is 59.5 Å². The summed E-state index contributed by atoms with van der Waals surface area (Å²) in [4.78, 5) is 11.7. The molecule has 2 heterocycles. The summed E-state index contributed by atoms with van der Waals surface area (Å²) in [6, 6.07) is 14.4. The standard InChI is InChI=1S/C18H13NO3/c1-22-13-5-6-14-15(9-13)16-7-3-11-2-4-12(20)8-17(11)19(16)10-18(14)21/h2-10,21H,1H3. The Morgan fingerprint density at radius 3 is 2.64 bits per heavy atom. The summed E-state index contributed by atoms with van der Waals surface area (Å²) in [6.07, 6.45) is 1.64. The van der Waals surface area contributed by atoms with E-state index in [9.17, 15) is 9.90 Å². The Hall–Kier alpha value is -3.01. The molecule has 0 radical (unpaired) electrons. The van der Waals surface area contributed by atoms with Crippen LogP contribution in [0.1, 0.15) is 0 Å². The number of aromatic hydroxyl groups is 1. The lowest BCUT2D eigenvalue weighted by molar-refractivity contribution is 0.415. The van der Waals surface area contributed by atoms with Crippen molar-refractivity contribution >= 4 is 16.3 Å². The van der Waals surface area contributed by atoms with Gasteiger partial charge >= 0.3 is 0 Å². The van der Waals surface area contributed by atoms with Crippen LogP contribution in [0.25, 0.3) is 27.5 Å². The predicted molar refractivity (Wildman–Crippen MR) is 86.0 cm³/mol. The Balaban J connectivity index is 2.25. The monoisotopic (exact) mass is 291 g/mol. The zero-order valence-electron chi connectivity index (χ0n) is 11.9. The molecule has 1 aromatic heterocycles. The van der Waals surface area contributed by atoms with E-state index in [-0.39, 0.29) is 11.2 Å². The maximum absolute atomic E-state index is 11.7. The number of benzene rings is 2. The van der Waals surface area contributed by atoms with Crippen LogP contribution in [0.2, 0.25) is 0 Å². The SMILES string of the molecule is COc1ccc2c(O)cn3c4cc(=O)ccc-4ccc3c2c1. The Bertz CT molecular complexity index is 1050. The molecule has 4 heteroatoms. The summed E-state index contributed by atoms with van der Waals surface area (Å²) in [5.41, 5.74) is 2.56. The van der Waals surface area contributed by atoms with Crippen LogP contribution in [-0.2, 0) is 0 Å². The maximum Gasteiger partial charge on any atom is 0.180 e. The highest BCUT2D eigenvalue weighted by Crippen LogP contribution is 2.34. The van der Waals surface area contributed by atoms with Crippen molar-refractivity contribution in [1.29, 1.82) is 0 Å². The molecule has 0 spiro atoms. The number of rotatable bonds is 1. The predicted octanol–water partition coefficient (Wildman–Crippen LogP) is 3.27. The van der Waals surface area contributed by atoms with Gasteiger partial charge in [0, 0.05) is 16.8 Å². The first-order chi connectivity index (χ1) is 10.7. The van der Waals surface area contributed by atoms with E-state index < -0.39 is 0 Å². The van der Waals surface area contributed by atoms with Gasteiger partial charge in [0.05, 0.1) is 24.5 Å². The lowest BCUT2D eigenvalue weighted by Gasteiger charge is -2.15. The molecule has 108 valence electrons. The van der Waals surface area contributed by atoms with Crippen molar-refractivity contribution in [2.45, 2.75) is 0 Å². The molecule has 4 nitrogen and oxygen atoms in total. The Morgan fingerprint density at radius 2 is 1.82 bits per heavy atom. The Morgan fingerprint density at radius 1 is 1.00 bits per heavy atom. The largest absolute Gasteiger partial charge is 0.506 e. The third kappa shape index (κ3) is 1.74. The van der Waals surface area contributed by atoms with Crippen LogP contribution in [0.5, 0.6) is 11.5 Å². The van der Waals surface area contributed by atoms with Gasteiger partial charge in [-0.05, 0) is 42.0 Å². The quantitative estimate of drug-likeness (QED) is 0.548. The average Bonchev–Trinajstić information content (AvgIpc) is 2.54. The average molecular weight is 291 g/mol. The Kier molecular flexibility index (Phi) is 2.60. The van der Waals surface area contributed by atoms with Gasteiger partial charge in [-0.3, -0.25) is 4.79 Å². The lowest BCUT2D eigenvalue weighted by atomic mass is 10.0. The van der Waals surface area contributed by atoms with Crippen LogP contribution in [0.3, 0.4) is 0 Å². The van der Waals surface area contributed by atoms with E-state index in [0.29, 0.717) is 0 Å². The summed E-state index contributed by atoms with van der Waals surface area (Å²) in [7, 11) is 1.61. The summed E-state index contributed by atoms with van der Waals surface area (Å²) >= 11 is 0. The molecule has 0 amide bonds. The van der Waals surface area contributed by atoms with E-state index in [1.54, 1.807) is 31.5 Å². The molecule has 2 aromatic rings. The topological polar surface area (TPSA) is 50.9 Å². The minimum Gasteiger partial charge on any atom is -0.506 e. The molecule has 1 aromatic carbocycles. The zero-order valence-corrected chi connectivity index (χ0v) is 11.9. The fourth-order valence-electron chi connectivity index (χ4n) is 2.89. The van der Waals surface area contributed by atoms with Crippen LogP contribution in [-0.4, -0.2) is 16.6 Å². The number of hydrogen-bond acceptors (Lipinski definition) is 3. The van der Waals surface area contributed by atoms with Crippen LogP contribution >= 0.6 is 0 Å². The normalized spacial score (nSPS) is 11.3. The number of nitrogens with zero attached hydrogens (tertiary/aromatic N) is 1. The molecule has 4 rings (SSSR count). The molecular formula is C18H13NO3. The molecule has 0 unspecified atom stereocenters. The van der Waals surface area contributed by atoms with E-state index in [2.05, 4.69) is 0 Å². The number of pyridine rings is 2. The van der Waals surface area contributed by atoms with Crippen molar-refractivity contribution in [2.75, 3.05) is 7.11 Å². The first-order valence-corrected chi connectivity index (χ1v) is 6.92. The molecule has 2 aliphatic rings. The highest BCUT2D eigenvalue weighted by atomic mass is 16.5. The van der Waals surface area contributed by atoms with Gasteiger partial charge in [0.1, 0.15) is 11.5 Å². The van der Waals surface area contributed by atoms with Gasteiger partial charge in [0.25, 0.3) is 0 Å². The fraction of sp³-hybridized carbons (Fsp3) is 0.0556. The van der Waals surface area contributed by atoms with Gasteiger partial charge in [0.2, 0.25) is 0 Å². The van der Waals surface area contributed by atoms with Crippen molar-refractivity contribution in [3.05, 3.63) is 65.0 Å². The van der Waals surface area contributed by atoms with Gasteiger partial charge in [-0.25, -0.2) is 0 Å². The second-order valence-electron chi connectivity index (χ2n) is 5.24. The second-order valence-corrected chi connectivity index (χ2v) is 5.24. The van der Waals surface area contributed by atoms with Crippen molar-refractivity contribution in [3.8, 4) is 22.8 Å². The number of fused-ring (bicyclic) bond motifs is 5. The molecular weight excluding hydrogens is 278 g/mol. The first kappa shape index (κ1) is 12.7. The van der Waals surface area contributed by atoms with Gasteiger partial charge in [-0.15, -0.1) is 0 Å². The number of hydrogen-bond donors (Lipinski definition) is 1. The summed E-state index contributed by atoms with van der Waals surface area (Å²) < 4.78 is 7.12. The van der Waals surface area contributed by atoms with Crippen LogP contribution in [0, 0.1) is 0 Å². The highest BCUT2D eigenvalue weighted by Gasteiger charge is 2.12. The Labute approximate surface area is 126 Å². The van der Waals surface area contributed by atoms with E-state index in [4.69, 9.17) is 4.74 Å². The molecule has 0 saturated carbocycles. The van der Waals surface area contributed by atoms with Gasteiger partial charge in [0.15, 0.2) is 5.43 Å². The van der Waals surface area contributed by atoms with Gasteiger partial charge in [-0.2, -0.15) is 0 Å². The molecule has 1 aliphatic heterocycles. The fourth-order valence-corrected chi connectivity index (χ4v) is 2.89. The van der Waals surface area contributed by atoms with Crippen LogP contribution in [0.4, 0.5) is 0 Å². The minimum atomic E-state index is -0.0577. The molecule has 0 atom stereocenters. The molecule has 0 bridgehead atoms. The molecule has 0 saturated heterocycles. The third-order valence-electron chi connectivity index (χ3n) is 3.97.